The predicted octanol–water partition coefficient (Wildman–Crippen LogP) is 4.32. The lowest BCUT2D eigenvalue weighted by Gasteiger charge is -2.11. The first-order valence-corrected chi connectivity index (χ1v) is 5.65. The Morgan fingerprint density at radius 3 is 2.21 bits per heavy atom. The molecule has 1 fully saturated rings. The molecule has 0 amide bonds. The van der Waals surface area contributed by atoms with Crippen LogP contribution in [-0.4, -0.2) is 0 Å². The van der Waals surface area contributed by atoms with Crippen LogP contribution in [0.2, 0.25) is 0 Å². The zero-order chi connectivity index (χ0) is 10.3. The van der Waals surface area contributed by atoms with E-state index in [1.807, 2.05) is 0 Å². The molecule has 0 aliphatic heterocycles. The van der Waals surface area contributed by atoms with Gasteiger partial charge in [-0.2, -0.15) is 0 Å². The lowest BCUT2D eigenvalue weighted by Crippen LogP contribution is -1.99. The second kappa shape index (κ2) is 3.27. The van der Waals surface area contributed by atoms with Crippen molar-refractivity contribution in [2.45, 2.75) is 32.6 Å². The summed E-state index contributed by atoms with van der Waals surface area (Å²) in [4.78, 5) is 0. The summed E-state index contributed by atoms with van der Waals surface area (Å²) in [7, 11) is 0. The van der Waals surface area contributed by atoms with Gasteiger partial charge in [0.25, 0.3) is 0 Å². The Bertz CT molecular complexity index is 324. The molecule has 76 valence electrons. The van der Waals surface area contributed by atoms with Crippen molar-refractivity contribution < 1.29 is 0 Å². The van der Waals surface area contributed by atoms with Gasteiger partial charge in [-0.25, -0.2) is 0 Å². The van der Waals surface area contributed by atoms with Crippen molar-refractivity contribution in [3.8, 4) is 0 Å². The molecule has 1 aliphatic carbocycles. The van der Waals surface area contributed by atoms with Gasteiger partial charge in [-0.1, -0.05) is 43.7 Å². The third kappa shape index (κ3) is 1.81. The van der Waals surface area contributed by atoms with Crippen LogP contribution < -0.4 is 0 Å². The van der Waals surface area contributed by atoms with Crippen LogP contribution in [0, 0.1) is 18.3 Å². The number of hydrogen-bond donors (Lipinski definition) is 0. The largest absolute Gasteiger partial charge is 0.117 e. The summed E-state index contributed by atoms with van der Waals surface area (Å²) in [6.07, 6.45) is 1.26. The van der Waals surface area contributed by atoms with Crippen molar-refractivity contribution in [2.24, 2.45) is 11.3 Å². The fourth-order valence-corrected chi connectivity index (χ4v) is 2.57. The molecule has 0 radical (unpaired) electrons. The molecule has 0 heterocycles. The Labute approximate surface area is 91.3 Å². The zero-order valence-corrected chi connectivity index (χ0v) is 9.81. The Kier molecular flexibility index (Phi) is 2.35. The summed E-state index contributed by atoms with van der Waals surface area (Å²) in [5, 5.41) is 0.200. The van der Waals surface area contributed by atoms with Crippen LogP contribution in [0.15, 0.2) is 24.3 Å². The molecule has 14 heavy (non-hydrogen) atoms. The minimum atomic E-state index is 0.200. The Balaban J connectivity index is 2.13. The van der Waals surface area contributed by atoms with Crippen molar-refractivity contribution in [3.63, 3.8) is 0 Å². The molecule has 0 bridgehead atoms. The van der Waals surface area contributed by atoms with Crippen LogP contribution in [0.3, 0.4) is 0 Å². The molecule has 0 spiro atoms. The normalized spacial score (nSPS) is 25.9. The number of rotatable bonds is 2. The van der Waals surface area contributed by atoms with Gasteiger partial charge >= 0.3 is 0 Å². The first-order chi connectivity index (χ1) is 6.50. The summed E-state index contributed by atoms with van der Waals surface area (Å²) in [5.74, 6) is 0.659. The van der Waals surface area contributed by atoms with E-state index < -0.39 is 0 Å². The molecular formula is C13H17Cl. The van der Waals surface area contributed by atoms with Gasteiger partial charge in [0.05, 0.1) is 5.38 Å². The van der Waals surface area contributed by atoms with E-state index in [1.54, 1.807) is 0 Å². The van der Waals surface area contributed by atoms with Gasteiger partial charge in [-0.15, -0.1) is 11.6 Å². The zero-order valence-electron chi connectivity index (χ0n) is 9.05. The molecule has 0 nitrogen and oxygen atoms in total. The van der Waals surface area contributed by atoms with Gasteiger partial charge in [0.15, 0.2) is 0 Å². The number of alkyl halides is 1. The van der Waals surface area contributed by atoms with E-state index in [9.17, 15) is 0 Å². The summed E-state index contributed by atoms with van der Waals surface area (Å²) >= 11 is 6.44. The van der Waals surface area contributed by atoms with Crippen molar-refractivity contribution in [1.29, 1.82) is 0 Å². The molecule has 0 saturated heterocycles. The van der Waals surface area contributed by atoms with Crippen LogP contribution in [0.5, 0.6) is 0 Å². The molecule has 1 aliphatic rings. The van der Waals surface area contributed by atoms with Crippen LogP contribution in [0.4, 0.5) is 0 Å². The fraction of sp³-hybridized carbons (Fsp3) is 0.538. The van der Waals surface area contributed by atoms with E-state index in [0.29, 0.717) is 11.3 Å². The monoisotopic (exact) mass is 208 g/mol. The third-order valence-corrected chi connectivity index (χ3v) is 3.89. The molecule has 1 aromatic rings. The highest BCUT2D eigenvalue weighted by Gasteiger charge is 2.49. The number of halogens is 1. The Hall–Kier alpha value is -0.490. The first kappa shape index (κ1) is 10.0. The smallest absolute Gasteiger partial charge is 0.0618 e. The first-order valence-electron chi connectivity index (χ1n) is 5.21. The van der Waals surface area contributed by atoms with E-state index in [1.165, 1.54) is 17.5 Å². The van der Waals surface area contributed by atoms with Gasteiger partial charge < -0.3 is 0 Å². The van der Waals surface area contributed by atoms with E-state index >= 15 is 0 Å². The summed E-state index contributed by atoms with van der Waals surface area (Å²) in [6, 6.07) is 8.59. The SMILES string of the molecule is Cc1ccc(C(Cl)C2CC2(C)C)cc1. The summed E-state index contributed by atoms with van der Waals surface area (Å²) in [5.41, 5.74) is 3.03. The lowest BCUT2D eigenvalue weighted by atomic mass is 10.0. The third-order valence-electron chi connectivity index (χ3n) is 3.34. The highest BCUT2D eigenvalue weighted by molar-refractivity contribution is 6.21. The van der Waals surface area contributed by atoms with Gasteiger partial charge in [-0.05, 0) is 30.2 Å². The maximum absolute atomic E-state index is 6.44. The summed E-state index contributed by atoms with van der Waals surface area (Å²) < 4.78 is 0. The maximum atomic E-state index is 6.44. The quantitative estimate of drug-likeness (QED) is 0.635. The minimum absolute atomic E-state index is 0.200. The standard InChI is InChI=1S/C13H17Cl/c1-9-4-6-10(7-5-9)12(14)11-8-13(11,2)3/h4-7,11-12H,8H2,1-3H3. The predicted molar refractivity (Wildman–Crippen MR) is 61.7 cm³/mol. The Morgan fingerprint density at radius 2 is 1.79 bits per heavy atom. The lowest BCUT2D eigenvalue weighted by molar-refractivity contribution is 0.548. The van der Waals surface area contributed by atoms with Crippen molar-refractivity contribution in [3.05, 3.63) is 35.4 Å². The second-order valence-electron chi connectivity index (χ2n) is 5.11. The second-order valence-corrected chi connectivity index (χ2v) is 5.58. The molecule has 2 unspecified atom stereocenters. The highest BCUT2D eigenvalue weighted by atomic mass is 35.5. The van der Waals surface area contributed by atoms with Crippen LogP contribution >= 0.6 is 11.6 Å². The number of hydrogen-bond acceptors (Lipinski definition) is 0. The van der Waals surface area contributed by atoms with E-state index in [-0.39, 0.29) is 5.38 Å². The van der Waals surface area contributed by atoms with Gasteiger partial charge in [0.1, 0.15) is 0 Å². The average molecular weight is 209 g/mol. The van der Waals surface area contributed by atoms with E-state index in [4.69, 9.17) is 11.6 Å². The maximum Gasteiger partial charge on any atom is 0.0618 e. The molecule has 0 aromatic heterocycles. The van der Waals surface area contributed by atoms with Crippen LogP contribution in [-0.2, 0) is 0 Å². The Morgan fingerprint density at radius 1 is 1.29 bits per heavy atom. The molecule has 2 atom stereocenters. The number of benzene rings is 1. The molecule has 0 N–H and O–H groups in total. The average Bonchev–Trinajstić information content (AvgIpc) is 2.75. The number of aryl methyl sites for hydroxylation is 1. The fourth-order valence-electron chi connectivity index (χ4n) is 1.99. The molecule has 1 heteroatoms. The molecular weight excluding hydrogens is 192 g/mol. The van der Waals surface area contributed by atoms with E-state index in [2.05, 4.69) is 45.0 Å². The minimum Gasteiger partial charge on any atom is -0.117 e. The van der Waals surface area contributed by atoms with Crippen molar-refractivity contribution in [1.82, 2.24) is 0 Å². The molecule has 1 aromatic carbocycles. The van der Waals surface area contributed by atoms with E-state index in [0.717, 1.165) is 0 Å². The van der Waals surface area contributed by atoms with Crippen molar-refractivity contribution in [2.75, 3.05) is 0 Å². The molecule has 1 saturated carbocycles. The summed E-state index contributed by atoms with van der Waals surface area (Å²) in [6.45, 7) is 6.69. The van der Waals surface area contributed by atoms with Gasteiger partial charge in [0.2, 0.25) is 0 Å². The van der Waals surface area contributed by atoms with Gasteiger partial charge in [0, 0.05) is 0 Å². The highest BCUT2D eigenvalue weighted by Crippen LogP contribution is 2.59. The molecule has 2 rings (SSSR count). The van der Waals surface area contributed by atoms with Crippen LogP contribution in [0.25, 0.3) is 0 Å². The van der Waals surface area contributed by atoms with Gasteiger partial charge in [-0.3, -0.25) is 0 Å². The van der Waals surface area contributed by atoms with Crippen molar-refractivity contribution >= 4 is 11.6 Å². The topological polar surface area (TPSA) is 0 Å². The van der Waals surface area contributed by atoms with Crippen LogP contribution in [0.1, 0.15) is 36.8 Å².